The minimum absolute atomic E-state index is 0.139. The van der Waals surface area contributed by atoms with Crippen LogP contribution in [0.15, 0.2) is 48.5 Å². The Morgan fingerprint density at radius 2 is 2.08 bits per heavy atom. The third-order valence-corrected chi connectivity index (χ3v) is 3.77. The Balaban J connectivity index is 1.59. The molecule has 3 rings (SSSR count). The van der Waals surface area contributed by atoms with Crippen molar-refractivity contribution in [1.29, 1.82) is 0 Å². The summed E-state index contributed by atoms with van der Waals surface area (Å²) in [6.07, 6.45) is -1.17. The van der Waals surface area contributed by atoms with Crippen LogP contribution in [0.2, 0.25) is 0 Å². The van der Waals surface area contributed by atoms with Crippen LogP contribution in [0.25, 0.3) is 0 Å². The smallest absolute Gasteiger partial charge is 0.264 e. The van der Waals surface area contributed by atoms with Crippen LogP contribution >= 0.6 is 0 Å². The number of nitrogens with one attached hydrogen (secondary N) is 1. The maximum Gasteiger partial charge on any atom is 0.264 e. The van der Waals surface area contributed by atoms with Gasteiger partial charge in [0.05, 0.1) is 6.10 Å². The van der Waals surface area contributed by atoms with E-state index >= 15 is 0 Å². The van der Waals surface area contributed by atoms with Crippen LogP contribution in [0.5, 0.6) is 11.5 Å². The van der Waals surface area contributed by atoms with Crippen molar-refractivity contribution >= 4 is 5.91 Å². The lowest BCUT2D eigenvalue weighted by atomic mass is 10.1. The van der Waals surface area contributed by atoms with Gasteiger partial charge in [0.25, 0.3) is 5.91 Å². The van der Waals surface area contributed by atoms with Crippen LogP contribution in [0.1, 0.15) is 11.7 Å². The molecule has 0 radical (unpaired) electrons. The fourth-order valence-electron chi connectivity index (χ4n) is 2.50. The normalized spacial score (nSPS) is 17.2. The number of carbonyl (C=O) groups is 1. The molecule has 126 valence electrons. The van der Waals surface area contributed by atoms with Crippen LogP contribution in [0.4, 0.5) is 4.39 Å². The molecule has 0 saturated heterocycles. The minimum atomic E-state index is -0.732. The molecule has 0 spiro atoms. The number of methoxy groups -OCH3 is 1. The van der Waals surface area contributed by atoms with E-state index in [1.54, 1.807) is 24.3 Å². The summed E-state index contributed by atoms with van der Waals surface area (Å²) in [5.74, 6) is 0.512. The van der Waals surface area contributed by atoms with E-state index < -0.39 is 12.2 Å². The Labute approximate surface area is 139 Å². The third-order valence-electron chi connectivity index (χ3n) is 3.77. The molecule has 0 aromatic heterocycles. The number of hydrogen-bond donors (Lipinski definition) is 1. The Morgan fingerprint density at radius 3 is 2.83 bits per heavy atom. The highest BCUT2D eigenvalue weighted by atomic mass is 19.1. The van der Waals surface area contributed by atoms with Gasteiger partial charge in [0, 0.05) is 13.7 Å². The summed E-state index contributed by atoms with van der Waals surface area (Å²) >= 11 is 0. The Hall–Kier alpha value is -2.60. The van der Waals surface area contributed by atoms with Crippen LogP contribution in [0, 0.1) is 5.82 Å². The summed E-state index contributed by atoms with van der Waals surface area (Å²) in [6.45, 7) is 0.348. The minimum Gasteiger partial charge on any atom is -0.485 e. The standard InChI is InChI=1S/C18H18FNO4/c1-22-16(12-5-4-6-13(19)9-12)10-20-18(21)17-11-23-14-7-2-3-8-15(14)24-17/h2-9,16-17H,10-11H2,1H3,(H,20,21). The Kier molecular flexibility index (Phi) is 4.96. The number of rotatable bonds is 5. The number of benzene rings is 2. The van der Waals surface area contributed by atoms with Gasteiger partial charge in [0.2, 0.25) is 6.10 Å². The van der Waals surface area contributed by atoms with Gasteiger partial charge in [0.1, 0.15) is 12.4 Å². The van der Waals surface area contributed by atoms with Gasteiger partial charge >= 0.3 is 0 Å². The van der Waals surface area contributed by atoms with E-state index in [2.05, 4.69) is 5.32 Å². The molecular weight excluding hydrogens is 313 g/mol. The van der Waals surface area contributed by atoms with E-state index in [4.69, 9.17) is 14.2 Å². The molecule has 0 fully saturated rings. The second-order valence-electron chi connectivity index (χ2n) is 5.39. The molecule has 24 heavy (non-hydrogen) atoms. The number of ether oxygens (including phenoxy) is 3. The summed E-state index contributed by atoms with van der Waals surface area (Å²) in [5.41, 5.74) is 0.656. The Bertz CT molecular complexity index is 722. The highest BCUT2D eigenvalue weighted by Gasteiger charge is 2.27. The number of amides is 1. The molecular formula is C18H18FNO4. The van der Waals surface area contributed by atoms with E-state index in [0.717, 1.165) is 0 Å². The molecule has 1 aliphatic heterocycles. The lowest BCUT2D eigenvalue weighted by Gasteiger charge is -2.26. The van der Waals surface area contributed by atoms with Crippen molar-refractivity contribution in [3.63, 3.8) is 0 Å². The molecule has 1 aliphatic rings. The number of hydrogen-bond acceptors (Lipinski definition) is 4. The highest BCUT2D eigenvalue weighted by molar-refractivity contribution is 5.81. The monoisotopic (exact) mass is 331 g/mol. The first-order chi connectivity index (χ1) is 11.7. The topological polar surface area (TPSA) is 56.8 Å². The zero-order valence-electron chi connectivity index (χ0n) is 13.2. The molecule has 1 amide bonds. The van der Waals surface area contributed by atoms with Gasteiger partial charge in [-0.2, -0.15) is 0 Å². The zero-order chi connectivity index (χ0) is 16.9. The molecule has 0 saturated carbocycles. The van der Waals surface area contributed by atoms with Crippen molar-refractivity contribution in [2.24, 2.45) is 0 Å². The average Bonchev–Trinajstić information content (AvgIpc) is 2.61. The summed E-state index contributed by atoms with van der Waals surface area (Å²) < 4.78 is 29.8. The predicted octanol–water partition coefficient (Wildman–Crippen LogP) is 2.47. The summed E-state index contributed by atoms with van der Waals surface area (Å²) in [6, 6.07) is 13.3. The van der Waals surface area contributed by atoms with Crippen molar-refractivity contribution in [3.05, 3.63) is 59.9 Å². The van der Waals surface area contributed by atoms with Crippen LogP contribution in [-0.4, -0.2) is 32.3 Å². The fraction of sp³-hybridized carbons (Fsp3) is 0.278. The van der Waals surface area contributed by atoms with E-state index in [-0.39, 0.29) is 24.9 Å². The van der Waals surface area contributed by atoms with Crippen molar-refractivity contribution in [2.45, 2.75) is 12.2 Å². The van der Waals surface area contributed by atoms with Crippen molar-refractivity contribution in [2.75, 3.05) is 20.3 Å². The summed E-state index contributed by atoms with van der Waals surface area (Å²) in [5, 5.41) is 2.76. The first-order valence-corrected chi connectivity index (χ1v) is 7.62. The van der Waals surface area contributed by atoms with Gasteiger partial charge in [-0.25, -0.2) is 4.39 Å². The van der Waals surface area contributed by atoms with Crippen molar-refractivity contribution in [1.82, 2.24) is 5.32 Å². The highest BCUT2D eigenvalue weighted by Crippen LogP contribution is 2.30. The maximum atomic E-state index is 13.3. The van der Waals surface area contributed by atoms with Gasteiger partial charge in [-0.05, 0) is 29.8 Å². The molecule has 0 bridgehead atoms. The number of carbonyl (C=O) groups excluding carboxylic acids is 1. The fourth-order valence-corrected chi connectivity index (χ4v) is 2.50. The Morgan fingerprint density at radius 1 is 1.29 bits per heavy atom. The maximum absolute atomic E-state index is 13.3. The number of para-hydroxylation sites is 2. The summed E-state index contributed by atoms with van der Waals surface area (Å²) in [7, 11) is 1.51. The van der Waals surface area contributed by atoms with Crippen LogP contribution < -0.4 is 14.8 Å². The van der Waals surface area contributed by atoms with Gasteiger partial charge < -0.3 is 19.5 Å². The summed E-state index contributed by atoms with van der Waals surface area (Å²) in [4.78, 5) is 12.3. The molecule has 2 aromatic rings. The molecule has 6 heteroatoms. The van der Waals surface area contributed by atoms with Gasteiger partial charge in [-0.15, -0.1) is 0 Å². The second-order valence-corrected chi connectivity index (χ2v) is 5.39. The largest absolute Gasteiger partial charge is 0.485 e. The predicted molar refractivity (Wildman–Crippen MR) is 85.5 cm³/mol. The van der Waals surface area contributed by atoms with E-state index in [1.807, 2.05) is 12.1 Å². The third kappa shape index (κ3) is 3.65. The molecule has 5 nitrogen and oxygen atoms in total. The van der Waals surface area contributed by atoms with Crippen molar-refractivity contribution < 1.29 is 23.4 Å². The van der Waals surface area contributed by atoms with E-state index in [1.165, 1.54) is 19.2 Å². The lowest BCUT2D eigenvalue weighted by molar-refractivity contribution is -0.130. The molecule has 2 aromatic carbocycles. The van der Waals surface area contributed by atoms with Crippen LogP contribution in [0.3, 0.4) is 0 Å². The SMILES string of the molecule is COC(CNC(=O)C1COc2ccccc2O1)c1cccc(F)c1. The second kappa shape index (κ2) is 7.31. The van der Waals surface area contributed by atoms with E-state index in [9.17, 15) is 9.18 Å². The lowest BCUT2D eigenvalue weighted by Crippen LogP contribution is -2.45. The van der Waals surface area contributed by atoms with Gasteiger partial charge in [-0.3, -0.25) is 4.79 Å². The quantitative estimate of drug-likeness (QED) is 0.914. The molecule has 0 aliphatic carbocycles. The van der Waals surface area contributed by atoms with Crippen LogP contribution in [-0.2, 0) is 9.53 Å². The number of fused-ring (bicyclic) bond motifs is 1. The van der Waals surface area contributed by atoms with Crippen molar-refractivity contribution in [3.8, 4) is 11.5 Å². The first kappa shape index (κ1) is 16.3. The van der Waals surface area contributed by atoms with E-state index in [0.29, 0.717) is 17.1 Å². The number of halogens is 1. The van der Waals surface area contributed by atoms with Gasteiger partial charge in [0.15, 0.2) is 11.5 Å². The molecule has 2 atom stereocenters. The average molecular weight is 331 g/mol. The zero-order valence-corrected chi connectivity index (χ0v) is 13.2. The molecule has 1 N–H and O–H groups in total. The molecule has 1 heterocycles. The first-order valence-electron chi connectivity index (χ1n) is 7.62. The molecule has 2 unspecified atom stereocenters. The van der Waals surface area contributed by atoms with Gasteiger partial charge in [-0.1, -0.05) is 24.3 Å².